The highest BCUT2D eigenvalue weighted by atomic mass is 79.9. The lowest BCUT2D eigenvalue weighted by atomic mass is 10.2. The lowest BCUT2D eigenvalue weighted by Gasteiger charge is -2.10. The van der Waals surface area contributed by atoms with E-state index in [1.807, 2.05) is 0 Å². The second-order valence-corrected chi connectivity index (χ2v) is 8.53. The zero-order valence-electron chi connectivity index (χ0n) is 18.0. The standard InChI is InChI=1S/C21H21BrFN5O4S/c1-28-18(10-24-20(30)12-4-7-16(31-2)17(8-12)32-3)26-27-21(28)33-11-19(29)25-15-6-5-13(22)9-14(15)23/h4-9H,10-11H2,1-3H3,(H,24,30)(H,25,29). The normalized spacial score (nSPS) is 10.6. The van der Waals surface area contributed by atoms with Gasteiger partial charge in [-0.05, 0) is 36.4 Å². The molecular weight excluding hydrogens is 517 g/mol. The number of ether oxygens (including phenoxy) is 2. The Morgan fingerprint density at radius 1 is 1.12 bits per heavy atom. The summed E-state index contributed by atoms with van der Waals surface area (Å²) in [6.45, 7) is 0.132. The van der Waals surface area contributed by atoms with Gasteiger partial charge in [-0.25, -0.2) is 4.39 Å². The van der Waals surface area contributed by atoms with Gasteiger partial charge in [-0.15, -0.1) is 10.2 Å². The van der Waals surface area contributed by atoms with Crippen molar-refractivity contribution in [2.24, 2.45) is 7.05 Å². The zero-order valence-corrected chi connectivity index (χ0v) is 20.4. The average molecular weight is 538 g/mol. The van der Waals surface area contributed by atoms with E-state index in [2.05, 4.69) is 36.8 Å². The van der Waals surface area contributed by atoms with Gasteiger partial charge in [0, 0.05) is 17.1 Å². The number of amides is 2. The summed E-state index contributed by atoms with van der Waals surface area (Å²) < 4.78 is 26.5. The number of hydrogen-bond acceptors (Lipinski definition) is 7. The van der Waals surface area contributed by atoms with Crippen molar-refractivity contribution < 1.29 is 23.5 Å². The highest BCUT2D eigenvalue weighted by Crippen LogP contribution is 2.27. The topological polar surface area (TPSA) is 107 Å². The lowest BCUT2D eigenvalue weighted by Crippen LogP contribution is -2.24. The van der Waals surface area contributed by atoms with Crippen LogP contribution in [0.4, 0.5) is 10.1 Å². The van der Waals surface area contributed by atoms with Crippen LogP contribution in [-0.2, 0) is 18.4 Å². The molecule has 2 amide bonds. The molecule has 0 unspecified atom stereocenters. The highest BCUT2D eigenvalue weighted by Gasteiger charge is 2.15. The Kier molecular flexibility index (Phi) is 8.28. The van der Waals surface area contributed by atoms with E-state index in [0.29, 0.717) is 32.5 Å². The Labute approximate surface area is 202 Å². The van der Waals surface area contributed by atoms with Gasteiger partial charge < -0.3 is 24.7 Å². The molecule has 0 saturated carbocycles. The number of thioether (sulfide) groups is 1. The smallest absolute Gasteiger partial charge is 0.251 e. The molecule has 12 heteroatoms. The van der Waals surface area contributed by atoms with Gasteiger partial charge in [-0.1, -0.05) is 27.7 Å². The molecule has 0 bridgehead atoms. The largest absolute Gasteiger partial charge is 0.493 e. The number of halogens is 2. The van der Waals surface area contributed by atoms with Crippen LogP contribution in [0, 0.1) is 5.82 Å². The van der Waals surface area contributed by atoms with Crippen LogP contribution in [0.25, 0.3) is 0 Å². The molecule has 0 aliphatic carbocycles. The number of aromatic nitrogens is 3. The number of benzene rings is 2. The number of anilines is 1. The third-order valence-electron chi connectivity index (χ3n) is 4.52. The SMILES string of the molecule is COc1ccc(C(=O)NCc2nnc(SCC(=O)Nc3ccc(Br)cc3F)n2C)cc1OC. The second-order valence-electron chi connectivity index (χ2n) is 6.67. The van der Waals surface area contributed by atoms with Gasteiger partial charge in [-0.3, -0.25) is 9.59 Å². The van der Waals surface area contributed by atoms with Crippen molar-refractivity contribution in [1.82, 2.24) is 20.1 Å². The van der Waals surface area contributed by atoms with Crippen molar-refractivity contribution in [1.29, 1.82) is 0 Å². The predicted octanol–water partition coefficient (Wildman–Crippen LogP) is 3.39. The van der Waals surface area contributed by atoms with E-state index in [4.69, 9.17) is 9.47 Å². The Morgan fingerprint density at radius 3 is 2.58 bits per heavy atom. The van der Waals surface area contributed by atoms with Crippen LogP contribution in [0.3, 0.4) is 0 Å². The van der Waals surface area contributed by atoms with Crippen LogP contribution in [0.5, 0.6) is 11.5 Å². The van der Waals surface area contributed by atoms with Gasteiger partial charge in [-0.2, -0.15) is 0 Å². The molecule has 2 N–H and O–H groups in total. The van der Waals surface area contributed by atoms with Crippen LogP contribution in [-0.4, -0.2) is 46.6 Å². The van der Waals surface area contributed by atoms with E-state index in [1.165, 1.54) is 26.4 Å². The lowest BCUT2D eigenvalue weighted by molar-refractivity contribution is -0.113. The van der Waals surface area contributed by atoms with E-state index in [9.17, 15) is 14.0 Å². The van der Waals surface area contributed by atoms with Gasteiger partial charge >= 0.3 is 0 Å². The monoisotopic (exact) mass is 537 g/mol. The minimum absolute atomic E-state index is 0.0134. The summed E-state index contributed by atoms with van der Waals surface area (Å²) in [5.74, 6) is 0.260. The molecule has 2 aromatic carbocycles. The molecule has 1 aromatic heterocycles. The summed E-state index contributed by atoms with van der Waals surface area (Å²) in [7, 11) is 4.74. The third kappa shape index (κ3) is 6.23. The Morgan fingerprint density at radius 2 is 1.88 bits per heavy atom. The minimum Gasteiger partial charge on any atom is -0.493 e. The molecule has 3 rings (SSSR count). The van der Waals surface area contributed by atoms with Crippen molar-refractivity contribution in [2.45, 2.75) is 11.7 Å². The summed E-state index contributed by atoms with van der Waals surface area (Å²) in [5, 5.41) is 13.9. The Hall–Kier alpha value is -3.12. The predicted molar refractivity (Wildman–Crippen MR) is 125 cm³/mol. The zero-order chi connectivity index (χ0) is 24.0. The minimum atomic E-state index is -0.533. The molecule has 1 heterocycles. The molecule has 0 aliphatic rings. The maximum absolute atomic E-state index is 13.9. The van der Waals surface area contributed by atoms with E-state index in [-0.39, 0.29) is 29.8 Å². The van der Waals surface area contributed by atoms with Crippen LogP contribution < -0.4 is 20.1 Å². The van der Waals surface area contributed by atoms with Crippen molar-refractivity contribution in [2.75, 3.05) is 25.3 Å². The molecule has 0 fully saturated rings. The van der Waals surface area contributed by atoms with Crippen molar-refractivity contribution >= 4 is 45.2 Å². The van der Waals surface area contributed by atoms with Gasteiger partial charge in [0.25, 0.3) is 5.91 Å². The summed E-state index contributed by atoms with van der Waals surface area (Å²) in [6, 6.07) is 9.24. The van der Waals surface area contributed by atoms with Gasteiger partial charge in [0.2, 0.25) is 5.91 Å². The summed E-state index contributed by atoms with van der Waals surface area (Å²) in [5.41, 5.74) is 0.501. The van der Waals surface area contributed by atoms with Crippen LogP contribution in [0.15, 0.2) is 46.0 Å². The summed E-state index contributed by atoms with van der Waals surface area (Å²) in [6.07, 6.45) is 0. The number of hydrogen-bond donors (Lipinski definition) is 2. The fraction of sp³-hybridized carbons (Fsp3) is 0.238. The maximum atomic E-state index is 13.9. The molecule has 0 atom stereocenters. The van der Waals surface area contributed by atoms with E-state index in [1.54, 1.807) is 35.9 Å². The molecule has 0 radical (unpaired) electrons. The molecule has 0 aliphatic heterocycles. The van der Waals surface area contributed by atoms with Gasteiger partial charge in [0.1, 0.15) is 5.82 Å². The fourth-order valence-electron chi connectivity index (χ4n) is 2.77. The maximum Gasteiger partial charge on any atom is 0.251 e. The second kappa shape index (κ2) is 11.1. The molecule has 0 saturated heterocycles. The third-order valence-corrected chi connectivity index (χ3v) is 6.03. The summed E-state index contributed by atoms with van der Waals surface area (Å²) >= 11 is 4.32. The molecule has 0 spiro atoms. The Balaban J connectivity index is 1.55. The van der Waals surface area contributed by atoms with Crippen molar-refractivity contribution in [3.05, 3.63) is 58.1 Å². The molecule has 33 heavy (non-hydrogen) atoms. The van der Waals surface area contributed by atoms with Crippen LogP contribution in [0.1, 0.15) is 16.2 Å². The van der Waals surface area contributed by atoms with Crippen LogP contribution >= 0.6 is 27.7 Å². The van der Waals surface area contributed by atoms with E-state index < -0.39 is 5.82 Å². The number of nitrogens with one attached hydrogen (secondary N) is 2. The van der Waals surface area contributed by atoms with E-state index in [0.717, 1.165) is 11.8 Å². The highest BCUT2D eigenvalue weighted by molar-refractivity contribution is 9.10. The van der Waals surface area contributed by atoms with Crippen molar-refractivity contribution in [3.63, 3.8) is 0 Å². The Bertz CT molecular complexity index is 1170. The molecule has 9 nitrogen and oxygen atoms in total. The quantitative estimate of drug-likeness (QED) is 0.403. The molecule has 3 aromatic rings. The van der Waals surface area contributed by atoms with Crippen LogP contribution in [0.2, 0.25) is 0 Å². The fourth-order valence-corrected chi connectivity index (χ4v) is 3.83. The number of nitrogens with zero attached hydrogens (tertiary/aromatic N) is 3. The molecular formula is C21H21BrFN5O4S. The first-order valence-corrected chi connectivity index (χ1v) is 11.4. The van der Waals surface area contributed by atoms with Crippen molar-refractivity contribution in [3.8, 4) is 11.5 Å². The number of rotatable bonds is 9. The average Bonchev–Trinajstić information content (AvgIpc) is 3.16. The number of carbonyl (C=O) groups excluding carboxylic acids is 2. The van der Waals surface area contributed by atoms with Gasteiger partial charge in [0.05, 0.1) is 32.2 Å². The van der Waals surface area contributed by atoms with E-state index >= 15 is 0 Å². The number of carbonyl (C=O) groups is 2. The number of methoxy groups -OCH3 is 2. The first-order valence-electron chi connectivity index (χ1n) is 9.58. The summed E-state index contributed by atoms with van der Waals surface area (Å²) in [4.78, 5) is 24.7. The first-order chi connectivity index (χ1) is 15.8. The molecule has 174 valence electrons. The first kappa shape index (κ1) is 24.5. The van der Waals surface area contributed by atoms with Gasteiger partial charge in [0.15, 0.2) is 22.5 Å².